The third-order valence-corrected chi connectivity index (χ3v) is 4.76. The molecule has 8 heteroatoms. The van der Waals surface area contributed by atoms with Gasteiger partial charge in [0.1, 0.15) is 0 Å². The summed E-state index contributed by atoms with van der Waals surface area (Å²) in [6.45, 7) is -0.00908. The van der Waals surface area contributed by atoms with Gasteiger partial charge in [0.2, 0.25) is 15.9 Å². The quantitative estimate of drug-likeness (QED) is 0.613. The zero-order valence-corrected chi connectivity index (χ0v) is 11.7. The largest absolute Gasteiger partial charge is 0.481 e. The predicted octanol–water partition coefficient (Wildman–Crippen LogP) is -0.457. The summed E-state index contributed by atoms with van der Waals surface area (Å²) in [7, 11) is -2.05. The lowest BCUT2D eigenvalue weighted by Gasteiger charge is -2.27. The molecule has 19 heavy (non-hydrogen) atoms. The minimum Gasteiger partial charge on any atom is -0.481 e. The van der Waals surface area contributed by atoms with E-state index in [0.29, 0.717) is 12.8 Å². The Morgan fingerprint density at radius 1 is 1.21 bits per heavy atom. The number of rotatable bonds is 6. The van der Waals surface area contributed by atoms with Gasteiger partial charge in [0.25, 0.3) is 0 Å². The Morgan fingerprint density at radius 3 is 2.32 bits per heavy atom. The first-order valence-electron chi connectivity index (χ1n) is 6.29. The van der Waals surface area contributed by atoms with Crippen LogP contribution in [0.15, 0.2) is 0 Å². The maximum absolute atomic E-state index is 11.9. The predicted molar refractivity (Wildman–Crippen MR) is 68.9 cm³/mol. The Morgan fingerprint density at radius 2 is 1.79 bits per heavy atom. The number of carboxylic acid groups (broad SMARTS) is 1. The van der Waals surface area contributed by atoms with Gasteiger partial charge in [-0.2, -0.15) is 0 Å². The number of carboxylic acids is 1. The molecule has 3 N–H and O–H groups in total. The maximum Gasteiger partial charge on any atom is 0.307 e. The van der Waals surface area contributed by atoms with Gasteiger partial charge in [-0.15, -0.1) is 0 Å². The molecule has 1 fully saturated rings. The average molecular weight is 292 g/mol. The second-order valence-electron chi connectivity index (χ2n) is 4.65. The van der Waals surface area contributed by atoms with Crippen LogP contribution in [0.25, 0.3) is 0 Å². The molecule has 1 saturated carbocycles. The number of hydrogen-bond acceptors (Lipinski definition) is 4. The van der Waals surface area contributed by atoms with E-state index in [9.17, 15) is 18.0 Å². The molecule has 0 unspecified atom stereocenters. The molecule has 0 radical (unpaired) electrons. The van der Waals surface area contributed by atoms with E-state index < -0.39 is 27.8 Å². The van der Waals surface area contributed by atoms with Crippen molar-refractivity contribution in [2.75, 3.05) is 19.3 Å². The second-order valence-corrected chi connectivity index (χ2v) is 6.70. The summed E-state index contributed by atoms with van der Waals surface area (Å²) in [5.41, 5.74) is 0. The molecule has 1 amide bonds. The zero-order chi connectivity index (χ0) is 14.5. The molecule has 0 aromatic heterocycles. The molecule has 0 saturated heterocycles. The molecule has 0 spiro atoms. The SMILES string of the molecule is CNS(=O)(=O)CCNC(=O)[C@@H]1CCCC[C@@H]1C(=O)O. The summed E-state index contributed by atoms with van der Waals surface area (Å²) < 4.78 is 24.5. The lowest BCUT2D eigenvalue weighted by Crippen LogP contribution is -2.41. The standard InChI is InChI=1S/C11H20N2O5S/c1-12-19(17,18)7-6-13-10(14)8-4-2-3-5-9(8)11(15)16/h8-9,12H,2-7H2,1H3,(H,13,14)(H,15,16)/t8-,9+/m1/s1. The van der Waals surface area contributed by atoms with Crippen molar-refractivity contribution < 1.29 is 23.1 Å². The van der Waals surface area contributed by atoms with Crippen molar-refractivity contribution in [2.45, 2.75) is 25.7 Å². The molecule has 0 heterocycles. The highest BCUT2D eigenvalue weighted by Crippen LogP contribution is 2.30. The number of sulfonamides is 1. The van der Waals surface area contributed by atoms with Crippen molar-refractivity contribution in [1.29, 1.82) is 0 Å². The summed E-state index contributed by atoms with van der Waals surface area (Å²) in [6.07, 6.45) is 2.69. The van der Waals surface area contributed by atoms with Crippen LogP contribution in [0.1, 0.15) is 25.7 Å². The molecule has 0 aliphatic heterocycles. The molecule has 0 aromatic carbocycles. The van der Waals surface area contributed by atoms with E-state index in [1.165, 1.54) is 7.05 Å². The fourth-order valence-corrected chi connectivity index (χ4v) is 2.86. The fraction of sp³-hybridized carbons (Fsp3) is 0.818. The highest BCUT2D eigenvalue weighted by atomic mass is 32.2. The minimum absolute atomic E-state index is 0.00908. The van der Waals surface area contributed by atoms with Crippen molar-refractivity contribution in [3.63, 3.8) is 0 Å². The van der Waals surface area contributed by atoms with Crippen LogP contribution in [0.4, 0.5) is 0 Å². The van der Waals surface area contributed by atoms with Gasteiger partial charge in [-0.3, -0.25) is 9.59 Å². The van der Waals surface area contributed by atoms with E-state index in [2.05, 4.69) is 10.0 Å². The van der Waals surface area contributed by atoms with Gasteiger partial charge in [-0.25, -0.2) is 13.1 Å². The maximum atomic E-state index is 11.9. The van der Waals surface area contributed by atoms with Crippen molar-refractivity contribution in [1.82, 2.24) is 10.0 Å². The van der Waals surface area contributed by atoms with Crippen molar-refractivity contribution in [3.8, 4) is 0 Å². The highest BCUT2D eigenvalue weighted by molar-refractivity contribution is 7.89. The number of hydrogen-bond donors (Lipinski definition) is 3. The third-order valence-electron chi connectivity index (χ3n) is 3.40. The molecule has 0 bridgehead atoms. The van der Waals surface area contributed by atoms with Gasteiger partial charge in [0.15, 0.2) is 0 Å². The van der Waals surface area contributed by atoms with Gasteiger partial charge in [-0.1, -0.05) is 12.8 Å². The molecule has 1 aliphatic carbocycles. The van der Waals surface area contributed by atoms with Crippen molar-refractivity contribution >= 4 is 21.9 Å². The monoisotopic (exact) mass is 292 g/mol. The average Bonchev–Trinajstić information content (AvgIpc) is 2.38. The Labute approximate surface area is 112 Å². The van der Waals surface area contributed by atoms with Gasteiger partial charge < -0.3 is 10.4 Å². The van der Waals surface area contributed by atoms with E-state index in [0.717, 1.165) is 12.8 Å². The summed E-state index contributed by atoms with van der Waals surface area (Å²) >= 11 is 0. The number of aliphatic carboxylic acids is 1. The molecular weight excluding hydrogens is 272 g/mol. The zero-order valence-electron chi connectivity index (χ0n) is 10.9. The number of carbonyl (C=O) groups excluding carboxylic acids is 1. The molecule has 7 nitrogen and oxygen atoms in total. The Hall–Kier alpha value is -1.15. The smallest absolute Gasteiger partial charge is 0.307 e. The Bertz CT molecular complexity index is 434. The first-order valence-corrected chi connectivity index (χ1v) is 7.94. The molecule has 2 atom stereocenters. The highest BCUT2D eigenvalue weighted by Gasteiger charge is 2.35. The first kappa shape index (κ1) is 15.9. The molecule has 1 rings (SSSR count). The van der Waals surface area contributed by atoms with Crippen LogP contribution in [0.5, 0.6) is 0 Å². The van der Waals surface area contributed by atoms with E-state index in [1.54, 1.807) is 0 Å². The van der Waals surface area contributed by atoms with Crippen LogP contribution in [-0.2, 0) is 19.6 Å². The summed E-state index contributed by atoms with van der Waals surface area (Å²) in [6, 6.07) is 0. The lowest BCUT2D eigenvalue weighted by molar-refractivity contribution is -0.148. The van der Waals surface area contributed by atoms with E-state index in [-0.39, 0.29) is 18.2 Å². The van der Waals surface area contributed by atoms with Gasteiger partial charge in [0.05, 0.1) is 17.6 Å². The second kappa shape index (κ2) is 6.85. The molecule has 0 aromatic rings. The Kier molecular flexibility index (Phi) is 5.74. The Balaban J connectivity index is 2.50. The van der Waals surface area contributed by atoms with E-state index >= 15 is 0 Å². The fourth-order valence-electron chi connectivity index (χ4n) is 2.28. The lowest BCUT2D eigenvalue weighted by atomic mass is 9.79. The van der Waals surface area contributed by atoms with Gasteiger partial charge >= 0.3 is 5.97 Å². The first-order chi connectivity index (χ1) is 8.87. The topological polar surface area (TPSA) is 113 Å². The van der Waals surface area contributed by atoms with Crippen LogP contribution in [-0.4, -0.2) is 44.7 Å². The third kappa shape index (κ3) is 4.79. The number of carbonyl (C=O) groups is 2. The van der Waals surface area contributed by atoms with Crippen LogP contribution >= 0.6 is 0 Å². The number of nitrogens with one attached hydrogen (secondary N) is 2. The van der Waals surface area contributed by atoms with Crippen LogP contribution in [0.2, 0.25) is 0 Å². The van der Waals surface area contributed by atoms with Crippen LogP contribution in [0.3, 0.4) is 0 Å². The normalized spacial score (nSPS) is 23.8. The van der Waals surface area contributed by atoms with E-state index in [4.69, 9.17) is 5.11 Å². The van der Waals surface area contributed by atoms with E-state index in [1.807, 2.05) is 0 Å². The van der Waals surface area contributed by atoms with Crippen molar-refractivity contribution in [2.24, 2.45) is 11.8 Å². The van der Waals surface area contributed by atoms with Gasteiger partial charge in [0, 0.05) is 6.54 Å². The van der Waals surface area contributed by atoms with Gasteiger partial charge in [-0.05, 0) is 19.9 Å². The number of amides is 1. The van der Waals surface area contributed by atoms with Crippen LogP contribution in [0, 0.1) is 11.8 Å². The molecule has 1 aliphatic rings. The van der Waals surface area contributed by atoms with Crippen molar-refractivity contribution in [3.05, 3.63) is 0 Å². The summed E-state index contributed by atoms with van der Waals surface area (Å²) in [4.78, 5) is 23.0. The molecule has 110 valence electrons. The summed E-state index contributed by atoms with van der Waals surface area (Å²) in [5, 5.41) is 11.6. The minimum atomic E-state index is -3.36. The van der Waals surface area contributed by atoms with Crippen LogP contribution < -0.4 is 10.0 Å². The molecular formula is C11H20N2O5S. The summed E-state index contributed by atoms with van der Waals surface area (Å²) in [5.74, 6) is -2.74.